The van der Waals surface area contributed by atoms with Crippen LogP contribution in [-0.2, 0) is 0 Å². The van der Waals surface area contributed by atoms with Crippen molar-refractivity contribution in [3.8, 4) is 0 Å². The average molecular weight is 312 g/mol. The Morgan fingerprint density at radius 2 is 1.96 bits per heavy atom. The summed E-state index contributed by atoms with van der Waals surface area (Å²) in [5.41, 5.74) is 3.59. The van der Waals surface area contributed by atoms with Crippen molar-refractivity contribution in [2.75, 3.05) is 0 Å². The number of fused-ring (bicyclic) bond motifs is 7. The van der Waals surface area contributed by atoms with E-state index in [1.807, 2.05) is 0 Å². The van der Waals surface area contributed by atoms with Crippen molar-refractivity contribution in [2.24, 2.45) is 44.7 Å². The summed E-state index contributed by atoms with van der Waals surface area (Å²) in [6.07, 6.45) is 12.7. The Morgan fingerprint density at radius 3 is 2.83 bits per heavy atom. The Balaban J connectivity index is 1.52. The molecule has 124 valence electrons. The van der Waals surface area contributed by atoms with Crippen molar-refractivity contribution >= 4 is 11.9 Å². The van der Waals surface area contributed by atoms with Crippen LogP contribution in [0.2, 0.25) is 0 Å². The predicted octanol–water partition coefficient (Wildman–Crippen LogP) is 3.98. The summed E-state index contributed by atoms with van der Waals surface area (Å²) in [4.78, 5) is 0. The van der Waals surface area contributed by atoms with Crippen molar-refractivity contribution in [3.63, 3.8) is 0 Å². The number of allylic oxidation sites excluding steroid dienone is 1. The molecular formula is C20H28N2O. The van der Waals surface area contributed by atoms with Crippen LogP contribution in [0, 0.1) is 34.5 Å². The Kier molecular flexibility index (Phi) is 2.85. The molecule has 0 aromatic heterocycles. The quantitative estimate of drug-likeness (QED) is 0.676. The third kappa shape index (κ3) is 1.75. The van der Waals surface area contributed by atoms with Crippen LogP contribution in [0.3, 0.4) is 0 Å². The first-order chi connectivity index (χ1) is 11.0. The fourth-order valence-corrected chi connectivity index (χ4v) is 7.02. The monoisotopic (exact) mass is 312 g/mol. The van der Waals surface area contributed by atoms with Gasteiger partial charge in [0.15, 0.2) is 0 Å². The maximum atomic E-state index is 10.1. The lowest BCUT2D eigenvalue weighted by Gasteiger charge is -2.57. The molecule has 1 N–H and O–H groups in total. The van der Waals surface area contributed by atoms with Crippen molar-refractivity contribution in [1.82, 2.24) is 0 Å². The van der Waals surface area contributed by atoms with Crippen molar-refractivity contribution in [1.29, 1.82) is 0 Å². The SMILES string of the molecule is C[C@]12CC[C@H](O)CC1=CC[C@@H]1[C@@H]2CC[C@]2(C)C3=NN=C[C@H]3C[C@@H]12. The summed E-state index contributed by atoms with van der Waals surface area (Å²) in [6.45, 7) is 4.96. The Labute approximate surface area is 139 Å². The maximum Gasteiger partial charge on any atom is 0.0577 e. The molecule has 0 spiro atoms. The Hall–Kier alpha value is -0.960. The van der Waals surface area contributed by atoms with Gasteiger partial charge < -0.3 is 5.11 Å². The van der Waals surface area contributed by atoms with E-state index in [1.54, 1.807) is 5.57 Å². The van der Waals surface area contributed by atoms with Gasteiger partial charge in [-0.05, 0) is 68.1 Å². The number of hydrogen-bond acceptors (Lipinski definition) is 3. The highest BCUT2D eigenvalue weighted by Crippen LogP contribution is 2.65. The zero-order valence-electron chi connectivity index (χ0n) is 14.3. The third-order valence-electron chi connectivity index (χ3n) is 8.32. The molecular weight excluding hydrogens is 284 g/mol. The lowest BCUT2D eigenvalue weighted by atomic mass is 9.48. The lowest BCUT2D eigenvalue weighted by Crippen LogP contribution is -2.50. The molecule has 0 radical (unpaired) electrons. The molecule has 0 aromatic carbocycles. The highest BCUT2D eigenvalue weighted by Gasteiger charge is 2.60. The third-order valence-corrected chi connectivity index (χ3v) is 8.32. The smallest absolute Gasteiger partial charge is 0.0577 e. The molecule has 0 saturated heterocycles. The van der Waals surface area contributed by atoms with Crippen LogP contribution in [0.4, 0.5) is 0 Å². The normalized spacial score (nSPS) is 53.8. The molecule has 5 rings (SSSR count). The minimum atomic E-state index is -0.101. The largest absolute Gasteiger partial charge is 0.393 e. The number of aliphatic hydroxyl groups excluding tert-OH is 1. The van der Waals surface area contributed by atoms with Gasteiger partial charge in [-0.25, -0.2) is 0 Å². The first kappa shape index (κ1) is 14.4. The van der Waals surface area contributed by atoms with Gasteiger partial charge in [-0.1, -0.05) is 25.5 Å². The Morgan fingerprint density at radius 1 is 1.13 bits per heavy atom. The van der Waals surface area contributed by atoms with Gasteiger partial charge in [-0.3, -0.25) is 0 Å². The second-order valence-corrected chi connectivity index (χ2v) is 9.20. The van der Waals surface area contributed by atoms with E-state index in [2.05, 4.69) is 36.3 Å². The molecule has 1 heterocycles. The van der Waals surface area contributed by atoms with E-state index in [0.717, 1.165) is 30.6 Å². The molecule has 1 aliphatic heterocycles. The van der Waals surface area contributed by atoms with E-state index in [-0.39, 0.29) is 11.5 Å². The zero-order valence-corrected chi connectivity index (χ0v) is 14.3. The fourth-order valence-electron chi connectivity index (χ4n) is 7.02. The summed E-state index contributed by atoms with van der Waals surface area (Å²) >= 11 is 0. The Bertz CT molecular complexity index is 636. The van der Waals surface area contributed by atoms with Crippen molar-refractivity contribution in [2.45, 2.75) is 64.9 Å². The molecule has 0 amide bonds. The number of hydrogen-bond donors (Lipinski definition) is 1. The van der Waals surface area contributed by atoms with Crippen molar-refractivity contribution in [3.05, 3.63) is 11.6 Å². The number of aliphatic hydroxyl groups is 1. The van der Waals surface area contributed by atoms with Gasteiger partial charge in [0.05, 0.1) is 11.8 Å². The van der Waals surface area contributed by atoms with Gasteiger partial charge in [0.2, 0.25) is 0 Å². The van der Waals surface area contributed by atoms with Gasteiger partial charge in [-0.15, -0.1) is 0 Å². The van der Waals surface area contributed by atoms with Crippen LogP contribution < -0.4 is 0 Å². The molecule has 3 fully saturated rings. The van der Waals surface area contributed by atoms with Gasteiger partial charge in [0.1, 0.15) is 0 Å². The minimum absolute atomic E-state index is 0.101. The molecule has 7 atom stereocenters. The second-order valence-electron chi connectivity index (χ2n) is 9.20. The molecule has 3 saturated carbocycles. The van der Waals surface area contributed by atoms with Crippen LogP contribution >= 0.6 is 0 Å². The van der Waals surface area contributed by atoms with E-state index in [4.69, 9.17) is 0 Å². The number of nitrogens with zero attached hydrogens (tertiary/aromatic N) is 2. The minimum Gasteiger partial charge on any atom is -0.393 e. The molecule has 0 aromatic rings. The second kappa shape index (κ2) is 4.56. The molecule has 0 unspecified atom stereocenters. The van der Waals surface area contributed by atoms with E-state index in [9.17, 15) is 5.11 Å². The lowest BCUT2D eigenvalue weighted by molar-refractivity contribution is -0.0214. The summed E-state index contributed by atoms with van der Waals surface area (Å²) in [6, 6.07) is 0. The van der Waals surface area contributed by atoms with E-state index < -0.39 is 0 Å². The van der Waals surface area contributed by atoms with E-state index in [0.29, 0.717) is 11.3 Å². The van der Waals surface area contributed by atoms with Crippen LogP contribution in [0.15, 0.2) is 21.9 Å². The first-order valence-electron chi connectivity index (χ1n) is 9.51. The van der Waals surface area contributed by atoms with Gasteiger partial charge in [0.25, 0.3) is 0 Å². The van der Waals surface area contributed by atoms with Gasteiger partial charge >= 0.3 is 0 Å². The van der Waals surface area contributed by atoms with Crippen LogP contribution in [-0.4, -0.2) is 23.1 Å². The van der Waals surface area contributed by atoms with E-state index in [1.165, 1.54) is 37.8 Å². The average Bonchev–Trinajstić information content (AvgIpc) is 3.09. The van der Waals surface area contributed by atoms with Crippen LogP contribution in [0.25, 0.3) is 0 Å². The molecule has 23 heavy (non-hydrogen) atoms. The molecule has 4 aliphatic carbocycles. The van der Waals surface area contributed by atoms with Gasteiger partial charge in [-0.2, -0.15) is 10.2 Å². The first-order valence-corrected chi connectivity index (χ1v) is 9.51. The fraction of sp³-hybridized carbons (Fsp3) is 0.800. The highest BCUT2D eigenvalue weighted by molar-refractivity contribution is 6.06. The highest BCUT2D eigenvalue weighted by atomic mass is 16.3. The molecule has 0 bridgehead atoms. The summed E-state index contributed by atoms with van der Waals surface area (Å²) in [7, 11) is 0. The predicted molar refractivity (Wildman–Crippen MR) is 92.5 cm³/mol. The standard InChI is InChI=1S/C20H28N2O/c1-19-7-5-14(23)10-13(19)3-4-15-16(19)6-8-20(2)17(15)9-12-11-21-22-18(12)20/h3,11-12,14-17,23H,4-10H2,1-2H3/t12-,14+,15-,16+,17+,19+,20+/m1/s1. The molecule has 3 heteroatoms. The van der Waals surface area contributed by atoms with Gasteiger partial charge in [0, 0.05) is 17.5 Å². The molecule has 5 aliphatic rings. The summed E-state index contributed by atoms with van der Waals surface area (Å²) in [5, 5.41) is 18.8. The van der Waals surface area contributed by atoms with E-state index >= 15 is 0 Å². The van der Waals surface area contributed by atoms with Crippen molar-refractivity contribution < 1.29 is 5.11 Å². The summed E-state index contributed by atoms with van der Waals surface area (Å²) < 4.78 is 0. The number of rotatable bonds is 0. The topological polar surface area (TPSA) is 45.0 Å². The maximum absolute atomic E-state index is 10.1. The summed E-state index contributed by atoms with van der Waals surface area (Å²) in [5.74, 6) is 2.91. The molecule has 3 nitrogen and oxygen atoms in total. The van der Waals surface area contributed by atoms with Crippen LogP contribution in [0.1, 0.15) is 58.8 Å². The van der Waals surface area contributed by atoms with Crippen LogP contribution in [0.5, 0.6) is 0 Å². The zero-order chi connectivity index (χ0) is 15.8.